The number of para-hydroxylation sites is 1. The minimum Gasteiger partial charge on any atom is -0.657 e. The van der Waals surface area contributed by atoms with Crippen molar-refractivity contribution < 1.29 is 32.7 Å². The van der Waals surface area contributed by atoms with Gasteiger partial charge in [-0.25, -0.2) is 0 Å². The molecule has 4 rings (SSSR count). The van der Waals surface area contributed by atoms with Gasteiger partial charge in [0, 0.05) is 32.7 Å². The molecule has 0 unspecified atom stereocenters. The van der Waals surface area contributed by atoms with Gasteiger partial charge in [-0.15, -0.1) is 11.0 Å². The standard InChI is InChI=1S/C16H10N.Y/c1-2-6-12-11(5-1)9-10-15-16(12)13-7-3-4-8-14(13)17-15;/h1-10H;/q-1;. The molecule has 3 aromatic carbocycles. The molecule has 18 heavy (non-hydrogen) atoms. The maximum Gasteiger partial charge on any atom is 0 e. The van der Waals surface area contributed by atoms with Crippen LogP contribution in [0.1, 0.15) is 0 Å². The molecule has 0 saturated carbocycles. The first kappa shape index (κ1) is 11.9. The summed E-state index contributed by atoms with van der Waals surface area (Å²) >= 11 is 0. The SMILES string of the molecule is [Y].c1ccc2c(c1)ccc1[n-]c3ccccc3c12. The van der Waals surface area contributed by atoms with E-state index in [9.17, 15) is 0 Å². The van der Waals surface area contributed by atoms with Crippen molar-refractivity contribution in [2.24, 2.45) is 0 Å². The van der Waals surface area contributed by atoms with Gasteiger partial charge in [0.05, 0.1) is 0 Å². The van der Waals surface area contributed by atoms with Crippen LogP contribution in [-0.2, 0) is 32.7 Å². The van der Waals surface area contributed by atoms with E-state index < -0.39 is 0 Å². The van der Waals surface area contributed by atoms with Crippen molar-refractivity contribution in [2.45, 2.75) is 0 Å². The van der Waals surface area contributed by atoms with Gasteiger partial charge in [-0.05, 0) is 21.5 Å². The maximum absolute atomic E-state index is 4.67. The molecule has 0 N–H and O–H groups in total. The van der Waals surface area contributed by atoms with E-state index in [2.05, 4.69) is 59.6 Å². The van der Waals surface area contributed by atoms with E-state index in [1.165, 1.54) is 21.5 Å². The van der Waals surface area contributed by atoms with Gasteiger partial charge < -0.3 is 4.98 Å². The Labute approximate surface area is 130 Å². The second-order valence-corrected chi connectivity index (χ2v) is 4.31. The third kappa shape index (κ3) is 1.62. The van der Waals surface area contributed by atoms with Crippen LogP contribution in [0.15, 0.2) is 60.7 Å². The molecule has 0 aliphatic carbocycles. The maximum atomic E-state index is 4.67. The number of rotatable bonds is 0. The Balaban J connectivity index is 0.000001000. The summed E-state index contributed by atoms with van der Waals surface area (Å²) in [6.07, 6.45) is 0. The Bertz CT molecular complexity index is 839. The second kappa shape index (κ2) is 4.49. The molecule has 1 nitrogen and oxygen atoms in total. The van der Waals surface area contributed by atoms with Crippen LogP contribution in [-0.4, -0.2) is 0 Å². The molecule has 0 amide bonds. The van der Waals surface area contributed by atoms with E-state index in [4.69, 9.17) is 0 Å². The van der Waals surface area contributed by atoms with Crippen LogP contribution >= 0.6 is 0 Å². The van der Waals surface area contributed by atoms with E-state index in [0.29, 0.717) is 0 Å². The smallest absolute Gasteiger partial charge is 0 e. The average molecular weight is 305 g/mol. The van der Waals surface area contributed by atoms with Crippen molar-refractivity contribution >= 4 is 32.6 Å². The van der Waals surface area contributed by atoms with Crippen LogP contribution in [0.4, 0.5) is 0 Å². The van der Waals surface area contributed by atoms with Crippen molar-refractivity contribution in [3.8, 4) is 0 Å². The zero-order chi connectivity index (χ0) is 11.2. The van der Waals surface area contributed by atoms with Crippen molar-refractivity contribution in [3.63, 3.8) is 0 Å². The first-order valence-electron chi connectivity index (χ1n) is 5.76. The third-order valence-corrected chi connectivity index (χ3v) is 3.32. The van der Waals surface area contributed by atoms with Gasteiger partial charge >= 0.3 is 0 Å². The molecule has 0 fully saturated rings. The topological polar surface area (TPSA) is 14.1 Å². The number of aromatic nitrogens is 1. The van der Waals surface area contributed by atoms with E-state index in [-0.39, 0.29) is 32.7 Å². The van der Waals surface area contributed by atoms with Gasteiger partial charge in [0.1, 0.15) is 0 Å². The first-order valence-corrected chi connectivity index (χ1v) is 5.76. The van der Waals surface area contributed by atoms with E-state index in [1.807, 2.05) is 6.07 Å². The fraction of sp³-hybridized carbons (Fsp3) is 0. The fourth-order valence-electron chi connectivity index (χ4n) is 2.55. The zero-order valence-electron chi connectivity index (χ0n) is 9.80. The normalized spacial score (nSPS) is 10.9. The third-order valence-electron chi connectivity index (χ3n) is 3.32. The van der Waals surface area contributed by atoms with Crippen LogP contribution in [0.5, 0.6) is 0 Å². The van der Waals surface area contributed by atoms with Gasteiger partial charge in [0.15, 0.2) is 0 Å². The van der Waals surface area contributed by atoms with Crippen LogP contribution < -0.4 is 4.98 Å². The van der Waals surface area contributed by atoms with Crippen LogP contribution in [0.25, 0.3) is 32.6 Å². The number of nitrogens with zero attached hydrogens (tertiary/aromatic N) is 1. The average Bonchev–Trinajstić information content (AvgIpc) is 2.77. The molecule has 0 atom stereocenters. The zero-order valence-corrected chi connectivity index (χ0v) is 12.6. The number of hydrogen-bond acceptors (Lipinski definition) is 0. The molecule has 0 aliphatic heterocycles. The van der Waals surface area contributed by atoms with Crippen LogP contribution in [0, 0.1) is 0 Å². The Morgan fingerprint density at radius 1 is 0.611 bits per heavy atom. The Morgan fingerprint density at radius 3 is 2.22 bits per heavy atom. The van der Waals surface area contributed by atoms with E-state index in [0.717, 1.165) is 11.0 Å². The summed E-state index contributed by atoms with van der Waals surface area (Å²) in [6, 6.07) is 21.1. The van der Waals surface area contributed by atoms with Gasteiger partial charge in [0.2, 0.25) is 0 Å². The minimum absolute atomic E-state index is 0. The first-order chi connectivity index (χ1) is 8.43. The van der Waals surface area contributed by atoms with E-state index in [1.54, 1.807) is 0 Å². The summed E-state index contributed by atoms with van der Waals surface area (Å²) < 4.78 is 0. The molecule has 0 aliphatic rings. The predicted octanol–water partition coefficient (Wildman–Crippen LogP) is 4.10. The minimum atomic E-state index is 0. The molecule has 1 heterocycles. The molecular formula is C16H10NY-. The summed E-state index contributed by atoms with van der Waals surface area (Å²) in [4.78, 5) is 4.67. The van der Waals surface area contributed by atoms with E-state index >= 15 is 0 Å². The van der Waals surface area contributed by atoms with Gasteiger partial charge in [-0.2, -0.15) is 0 Å². The Morgan fingerprint density at radius 2 is 1.33 bits per heavy atom. The summed E-state index contributed by atoms with van der Waals surface area (Å²) in [6.45, 7) is 0. The Kier molecular flexibility index (Phi) is 2.97. The molecule has 1 radical (unpaired) electrons. The monoisotopic (exact) mass is 305 g/mol. The molecule has 2 heteroatoms. The molecular weight excluding hydrogens is 295 g/mol. The molecule has 83 valence electrons. The molecule has 0 spiro atoms. The fourth-order valence-corrected chi connectivity index (χ4v) is 2.55. The van der Waals surface area contributed by atoms with Crippen molar-refractivity contribution in [3.05, 3.63) is 60.7 Å². The van der Waals surface area contributed by atoms with Gasteiger partial charge in [-0.3, -0.25) is 0 Å². The Hall–Kier alpha value is -1.18. The number of fused-ring (bicyclic) bond motifs is 5. The van der Waals surface area contributed by atoms with Crippen molar-refractivity contribution in [1.29, 1.82) is 0 Å². The predicted molar refractivity (Wildman–Crippen MR) is 72.3 cm³/mol. The summed E-state index contributed by atoms with van der Waals surface area (Å²) in [5, 5.41) is 5.09. The summed E-state index contributed by atoms with van der Waals surface area (Å²) in [7, 11) is 0. The van der Waals surface area contributed by atoms with Crippen LogP contribution in [0.2, 0.25) is 0 Å². The molecule has 4 aromatic rings. The van der Waals surface area contributed by atoms with Crippen molar-refractivity contribution in [1.82, 2.24) is 4.98 Å². The quantitative estimate of drug-likeness (QED) is 0.477. The summed E-state index contributed by atoms with van der Waals surface area (Å²) in [5.41, 5.74) is 2.17. The van der Waals surface area contributed by atoms with Gasteiger partial charge in [-0.1, -0.05) is 60.7 Å². The number of hydrogen-bond donors (Lipinski definition) is 0. The van der Waals surface area contributed by atoms with Gasteiger partial charge in [0.25, 0.3) is 0 Å². The number of benzene rings is 3. The summed E-state index contributed by atoms with van der Waals surface area (Å²) in [5.74, 6) is 0. The molecule has 1 aromatic heterocycles. The molecule has 0 bridgehead atoms. The largest absolute Gasteiger partial charge is 0.657 e. The van der Waals surface area contributed by atoms with Crippen LogP contribution in [0.3, 0.4) is 0 Å². The van der Waals surface area contributed by atoms with Crippen molar-refractivity contribution in [2.75, 3.05) is 0 Å². The second-order valence-electron chi connectivity index (χ2n) is 4.31. The molecule has 0 saturated heterocycles.